The quantitative estimate of drug-likeness (QED) is 0.269. The van der Waals surface area contributed by atoms with Crippen LogP contribution in [0.15, 0.2) is 36.4 Å². The molecule has 0 aliphatic carbocycles. The van der Waals surface area contributed by atoms with Crippen molar-refractivity contribution in [3.05, 3.63) is 52.5 Å². The summed E-state index contributed by atoms with van der Waals surface area (Å²) in [6.07, 6.45) is 0.668. The topological polar surface area (TPSA) is 69.2 Å². The third-order valence-electron chi connectivity index (χ3n) is 7.68. The Hall–Kier alpha value is -2.53. The van der Waals surface area contributed by atoms with Gasteiger partial charge in [-0.3, -0.25) is 19.5 Å². The lowest BCUT2D eigenvalue weighted by Crippen LogP contribution is -2.47. The summed E-state index contributed by atoms with van der Waals surface area (Å²) < 4.78 is 11.6. The van der Waals surface area contributed by atoms with Gasteiger partial charge in [0.15, 0.2) is 6.73 Å². The maximum absolute atomic E-state index is 12.9. The van der Waals surface area contributed by atoms with Crippen molar-refractivity contribution in [2.75, 3.05) is 60.9 Å². The summed E-state index contributed by atoms with van der Waals surface area (Å²) in [5.74, 6) is 2.45. The van der Waals surface area contributed by atoms with Crippen molar-refractivity contribution in [1.82, 2.24) is 14.2 Å². The Kier molecular flexibility index (Phi) is 9.33. The van der Waals surface area contributed by atoms with Crippen LogP contribution < -0.4 is 9.80 Å². The lowest BCUT2D eigenvalue weighted by Gasteiger charge is -2.35. The number of ether oxygens (including phenoxy) is 1. The van der Waals surface area contributed by atoms with Gasteiger partial charge in [0.2, 0.25) is 5.91 Å². The number of piperazine rings is 1. The first-order valence-electron chi connectivity index (χ1n) is 14.1. The van der Waals surface area contributed by atoms with Crippen molar-refractivity contribution in [2.24, 2.45) is 0 Å². The molecule has 0 atom stereocenters. The molecule has 0 spiro atoms. The minimum atomic E-state index is -0.425. The molecule has 1 fully saturated rings. The second kappa shape index (κ2) is 12.8. The van der Waals surface area contributed by atoms with Crippen molar-refractivity contribution in [3.8, 4) is 0 Å². The molecule has 220 valence electrons. The number of aromatic nitrogens is 1. The average molecular weight is 616 g/mol. The monoisotopic (exact) mass is 615 g/mol. The number of thioether (sulfide) groups is 1. The number of carbonyl (C=O) groups is 2. The normalized spacial score (nSPS) is 16.0. The maximum Gasteiger partial charge on any atom is 0.412 e. The first kappa shape index (κ1) is 29.9. The molecule has 41 heavy (non-hydrogen) atoms. The Morgan fingerprint density at radius 2 is 1.93 bits per heavy atom. The summed E-state index contributed by atoms with van der Waals surface area (Å²) in [7, 11) is 0. The number of carbonyl (C=O) groups excluding carboxylic acids is 2. The molecule has 8 nitrogen and oxygen atoms in total. The summed E-state index contributed by atoms with van der Waals surface area (Å²) >= 11 is 9.94. The van der Waals surface area contributed by atoms with E-state index in [1.807, 2.05) is 32.9 Å². The lowest BCUT2D eigenvalue weighted by atomic mass is 10.1. The first-order chi connectivity index (χ1) is 19.7. The molecule has 0 radical (unpaired) electrons. The molecule has 3 heterocycles. The zero-order valence-electron chi connectivity index (χ0n) is 24.2. The smallest absolute Gasteiger partial charge is 0.412 e. The van der Waals surface area contributed by atoms with Gasteiger partial charge in [-0.25, -0.2) is 4.79 Å². The van der Waals surface area contributed by atoms with Gasteiger partial charge < -0.3 is 9.64 Å². The van der Waals surface area contributed by atoms with E-state index in [9.17, 15) is 9.59 Å². The molecule has 0 N–H and O–H groups in total. The van der Waals surface area contributed by atoms with Crippen LogP contribution in [0.3, 0.4) is 0 Å². The Labute approximate surface area is 255 Å². The zero-order chi connectivity index (χ0) is 29.1. The Bertz CT molecular complexity index is 1400. The summed E-state index contributed by atoms with van der Waals surface area (Å²) in [5.41, 5.74) is 2.32. The van der Waals surface area contributed by atoms with Crippen LogP contribution in [-0.2, 0) is 22.4 Å². The minimum Gasteiger partial charge on any atom is -0.427 e. The molecule has 11 heteroatoms. The van der Waals surface area contributed by atoms with Crippen molar-refractivity contribution < 1.29 is 14.3 Å². The molecule has 2 amide bonds. The minimum absolute atomic E-state index is 0.0862. The van der Waals surface area contributed by atoms with Gasteiger partial charge in [-0.1, -0.05) is 36.7 Å². The molecular weight excluding hydrogens is 578 g/mol. The number of anilines is 2. The van der Waals surface area contributed by atoms with Crippen LogP contribution in [0.25, 0.3) is 10.1 Å². The molecular formula is C30H38ClN5O3S2. The second-order valence-corrected chi connectivity index (χ2v) is 13.9. The van der Waals surface area contributed by atoms with Crippen molar-refractivity contribution in [1.29, 1.82) is 0 Å². The van der Waals surface area contributed by atoms with E-state index in [4.69, 9.17) is 20.7 Å². The van der Waals surface area contributed by atoms with Crippen molar-refractivity contribution in [2.45, 2.75) is 46.1 Å². The molecule has 3 aromatic rings. The Morgan fingerprint density at radius 3 is 2.66 bits per heavy atom. The van der Waals surface area contributed by atoms with Gasteiger partial charge in [0.25, 0.3) is 0 Å². The Balaban J connectivity index is 1.16. The number of fused-ring (bicyclic) bond motifs is 2. The van der Waals surface area contributed by atoms with Crippen LogP contribution in [0.2, 0.25) is 5.02 Å². The summed E-state index contributed by atoms with van der Waals surface area (Å²) in [6, 6.07) is 12.3. The zero-order valence-corrected chi connectivity index (χ0v) is 26.6. The van der Waals surface area contributed by atoms with E-state index in [1.54, 1.807) is 28.2 Å². The molecule has 1 aromatic heterocycles. The van der Waals surface area contributed by atoms with E-state index in [0.717, 1.165) is 67.5 Å². The van der Waals surface area contributed by atoms with Gasteiger partial charge in [0.1, 0.15) is 5.82 Å². The summed E-state index contributed by atoms with van der Waals surface area (Å²) in [6.45, 7) is 12.6. The fourth-order valence-electron chi connectivity index (χ4n) is 5.24. The Morgan fingerprint density at radius 1 is 1.17 bits per heavy atom. The van der Waals surface area contributed by atoms with Crippen LogP contribution in [0.1, 0.15) is 38.8 Å². The second-order valence-electron chi connectivity index (χ2n) is 11.4. The molecule has 2 aliphatic rings. The highest BCUT2D eigenvalue weighted by atomic mass is 35.5. The van der Waals surface area contributed by atoms with E-state index < -0.39 is 6.09 Å². The van der Waals surface area contributed by atoms with Crippen molar-refractivity contribution in [3.63, 3.8) is 0 Å². The van der Waals surface area contributed by atoms with Crippen LogP contribution in [0, 0.1) is 0 Å². The van der Waals surface area contributed by atoms with E-state index in [2.05, 4.69) is 41.0 Å². The highest BCUT2D eigenvalue weighted by Crippen LogP contribution is 2.35. The van der Waals surface area contributed by atoms with E-state index in [0.29, 0.717) is 10.9 Å². The number of nitrogens with zero attached hydrogens (tertiary/aromatic N) is 5. The third kappa shape index (κ3) is 6.77. The van der Waals surface area contributed by atoms with Gasteiger partial charge in [-0.05, 0) is 73.8 Å². The fraction of sp³-hybridized carbons (Fsp3) is 0.500. The van der Waals surface area contributed by atoms with Crippen LogP contribution >= 0.6 is 34.9 Å². The SMILES string of the molecule is CCSCN(C(=O)OCN1C(=O)Cc2cc(CCN3CCN(c4nsc5ccccc45)CC3)c(Cl)cc21)C(C)(C)C. The predicted octanol–water partition coefficient (Wildman–Crippen LogP) is 6.11. The average Bonchev–Trinajstić information content (AvgIpc) is 3.50. The standard InChI is InChI=1S/C30H38ClN5O3S2/c1-5-40-20-36(30(2,3)4)29(38)39-19-35-25-18-24(31)21(16-22(25)17-27(35)37)10-11-33-12-14-34(15-13-33)28-23-8-6-7-9-26(23)41-32-28/h6-9,16,18H,5,10-15,17,19-20H2,1-4H3. The number of benzene rings is 2. The van der Waals surface area contributed by atoms with E-state index in [1.165, 1.54) is 15.0 Å². The number of halogens is 1. The number of hydrogen-bond acceptors (Lipinski definition) is 8. The molecule has 2 aromatic carbocycles. The number of rotatable bonds is 9. The molecule has 0 bridgehead atoms. The van der Waals surface area contributed by atoms with Crippen LogP contribution in [-0.4, -0.2) is 82.8 Å². The predicted molar refractivity (Wildman–Crippen MR) is 171 cm³/mol. The number of amides is 2. The number of hydrogen-bond donors (Lipinski definition) is 0. The van der Waals surface area contributed by atoms with Crippen molar-refractivity contribution >= 4 is 68.5 Å². The maximum atomic E-state index is 12.9. The first-order valence-corrected chi connectivity index (χ1v) is 16.4. The van der Waals surface area contributed by atoms with E-state index in [-0.39, 0.29) is 24.6 Å². The van der Waals surface area contributed by atoms with Gasteiger partial charge in [0.05, 0.1) is 22.7 Å². The molecule has 2 aliphatic heterocycles. The molecule has 0 unspecified atom stereocenters. The van der Waals surface area contributed by atoms with Crippen LogP contribution in [0.4, 0.5) is 16.3 Å². The lowest BCUT2D eigenvalue weighted by molar-refractivity contribution is -0.118. The van der Waals surface area contributed by atoms with E-state index >= 15 is 0 Å². The fourth-order valence-corrected chi connectivity index (χ4v) is 7.15. The van der Waals surface area contributed by atoms with Crippen LogP contribution in [0.5, 0.6) is 0 Å². The third-order valence-corrected chi connectivity index (χ3v) is 9.70. The summed E-state index contributed by atoms with van der Waals surface area (Å²) in [4.78, 5) is 33.8. The largest absolute Gasteiger partial charge is 0.427 e. The van der Waals surface area contributed by atoms with Gasteiger partial charge in [-0.2, -0.15) is 4.37 Å². The van der Waals surface area contributed by atoms with Gasteiger partial charge in [0, 0.05) is 48.7 Å². The molecule has 1 saturated heterocycles. The summed E-state index contributed by atoms with van der Waals surface area (Å²) in [5, 5.41) is 1.87. The molecule has 5 rings (SSSR count). The molecule has 0 saturated carbocycles. The highest BCUT2D eigenvalue weighted by molar-refractivity contribution is 7.99. The van der Waals surface area contributed by atoms with Gasteiger partial charge >= 0.3 is 6.09 Å². The highest BCUT2D eigenvalue weighted by Gasteiger charge is 2.32. The van der Waals surface area contributed by atoms with Gasteiger partial charge in [-0.15, -0.1) is 11.8 Å².